The Morgan fingerprint density at radius 3 is 2.50 bits per heavy atom. The van der Waals surface area contributed by atoms with Crippen LogP contribution in [0.15, 0.2) is 0 Å². The maximum absolute atomic E-state index is 9.50. The van der Waals surface area contributed by atoms with Crippen LogP contribution in [-0.4, -0.2) is 24.9 Å². The van der Waals surface area contributed by atoms with Gasteiger partial charge in [-0.2, -0.15) is 0 Å². The molecular formula is C12H24O2. The molecule has 0 aromatic carbocycles. The first kappa shape index (κ1) is 12.0. The number of aliphatic hydroxyl groups excluding tert-OH is 1. The molecule has 1 aliphatic heterocycles. The van der Waals surface area contributed by atoms with Crippen LogP contribution in [0.25, 0.3) is 0 Å². The van der Waals surface area contributed by atoms with Crippen molar-refractivity contribution in [1.82, 2.24) is 0 Å². The van der Waals surface area contributed by atoms with Gasteiger partial charge in [0.2, 0.25) is 0 Å². The van der Waals surface area contributed by atoms with Crippen molar-refractivity contribution in [3.63, 3.8) is 0 Å². The summed E-state index contributed by atoms with van der Waals surface area (Å²) >= 11 is 0. The molecule has 0 aromatic rings. The molecule has 1 rings (SSSR count). The highest BCUT2D eigenvalue weighted by molar-refractivity contribution is 4.83. The zero-order valence-electron chi connectivity index (χ0n) is 9.59. The summed E-state index contributed by atoms with van der Waals surface area (Å²) in [6, 6.07) is 0. The molecule has 1 unspecified atom stereocenters. The summed E-state index contributed by atoms with van der Waals surface area (Å²) < 4.78 is 5.51. The van der Waals surface area contributed by atoms with Gasteiger partial charge in [0, 0.05) is 12.0 Å². The van der Waals surface area contributed by atoms with E-state index in [9.17, 15) is 5.11 Å². The third kappa shape index (κ3) is 2.96. The fourth-order valence-corrected chi connectivity index (χ4v) is 2.45. The third-order valence-electron chi connectivity index (χ3n) is 3.62. The summed E-state index contributed by atoms with van der Waals surface area (Å²) in [6.07, 6.45) is 5.83. The van der Waals surface area contributed by atoms with Crippen LogP contribution in [0.2, 0.25) is 0 Å². The zero-order chi connectivity index (χ0) is 10.4. The molecule has 0 spiro atoms. The van der Waals surface area contributed by atoms with Crippen molar-refractivity contribution >= 4 is 0 Å². The van der Waals surface area contributed by atoms with E-state index in [1.807, 2.05) is 0 Å². The SMILES string of the molecule is CCC(CC)CC1(CO)CCCOC1. The van der Waals surface area contributed by atoms with E-state index >= 15 is 0 Å². The Balaban J connectivity index is 2.50. The number of hydrogen-bond acceptors (Lipinski definition) is 2. The van der Waals surface area contributed by atoms with Gasteiger partial charge in [-0.15, -0.1) is 0 Å². The van der Waals surface area contributed by atoms with Gasteiger partial charge in [0.1, 0.15) is 0 Å². The highest BCUT2D eigenvalue weighted by Crippen LogP contribution is 2.36. The van der Waals surface area contributed by atoms with E-state index in [-0.39, 0.29) is 5.41 Å². The Hall–Kier alpha value is -0.0800. The van der Waals surface area contributed by atoms with E-state index in [4.69, 9.17) is 4.74 Å². The standard InChI is InChI=1S/C12H24O2/c1-3-11(4-2)8-12(9-13)6-5-7-14-10-12/h11,13H,3-10H2,1-2H3. The minimum atomic E-state index is 0.0783. The van der Waals surface area contributed by atoms with E-state index < -0.39 is 0 Å². The molecule has 1 N–H and O–H groups in total. The van der Waals surface area contributed by atoms with Crippen LogP contribution in [-0.2, 0) is 4.74 Å². The largest absolute Gasteiger partial charge is 0.396 e. The van der Waals surface area contributed by atoms with E-state index in [2.05, 4.69) is 13.8 Å². The van der Waals surface area contributed by atoms with Crippen LogP contribution < -0.4 is 0 Å². The van der Waals surface area contributed by atoms with Gasteiger partial charge < -0.3 is 9.84 Å². The highest BCUT2D eigenvalue weighted by Gasteiger charge is 2.33. The monoisotopic (exact) mass is 200 g/mol. The van der Waals surface area contributed by atoms with Crippen molar-refractivity contribution in [1.29, 1.82) is 0 Å². The van der Waals surface area contributed by atoms with Crippen LogP contribution in [0.4, 0.5) is 0 Å². The Morgan fingerprint density at radius 2 is 2.07 bits per heavy atom. The van der Waals surface area contributed by atoms with E-state index in [0.717, 1.165) is 38.4 Å². The van der Waals surface area contributed by atoms with E-state index in [1.54, 1.807) is 0 Å². The average molecular weight is 200 g/mol. The second-order valence-corrected chi connectivity index (χ2v) is 4.70. The van der Waals surface area contributed by atoms with Crippen LogP contribution >= 0.6 is 0 Å². The highest BCUT2D eigenvalue weighted by atomic mass is 16.5. The minimum absolute atomic E-state index is 0.0783. The van der Waals surface area contributed by atoms with Crippen molar-refractivity contribution in [3.8, 4) is 0 Å². The minimum Gasteiger partial charge on any atom is -0.396 e. The molecule has 0 radical (unpaired) electrons. The van der Waals surface area contributed by atoms with Gasteiger partial charge in [-0.05, 0) is 25.2 Å². The van der Waals surface area contributed by atoms with Crippen LogP contribution in [0, 0.1) is 11.3 Å². The van der Waals surface area contributed by atoms with Gasteiger partial charge in [0.25, 0.3) is 0 Å². The lowest BCUT2D eigenvalue weighted by molar-refractivity contribution is -0.0515. The van der Waals surface area contributed by atoms with E-state index in [1.165, 1.54) is 12.8 Å². The summed E-state index contributed by atoms with van der Waals surface area (Å²) in [5.74, 6) is 0.754. The molecule has 0 amide bonds. The van der Waals surface area contributed by atoms with Crippen LogP contribution in [0.3, 0.4) is 0 Å². The van der Waals surface area contributed by atoms with Crippen LogP contribution in [0.1, 0.15) is 46.0 Å². The predicted molar refractivity (Wildman–Crippen MR) is 58.3 cm³/mol. The van der Waals surface area contributed by atoms with Crippen LogP contribution in [0.5, 0.6) is 0 Å². The van der Waals surface area contributed by atoms with Crippen molar-refractivity contribution in [2.75, 3.05) is 19.8 Å². The van der Waals surface area contributed by atoms with Crippen molar-refractivity contribution in [3.05, 3.63) is 0 Å². The number of aliphatic hydroxyl groups is 1. The molecule has 1 heterocycles. The molecule has 2 nitrogen and oxygen atoms in total. The number of rotatable bonds is 5. The first-order chi connectivity index (χ1) is 6.76. The summed E-state index contributed by atoms with van der Waals surface area (Å²) in [5, 5.41) is 9.50. The first-order valence-corrected chi connectivity index (χ1v) is 5.95. The lowest BCUT2D eigenvalue weighted by atomic mass is 9.74. The molecule has 0 aliphatic carbocycles. The fourth-order valence-electron chi connectivity index (χ4n) is 2.45. The molecule has 84 valence electrons. The molecule has 2 heteroatoms. The smallest absolute Gasteiger partial charge is 0.0544 e. The Morgan fingerprint density at radius 1 is 1.36 bits per heavy atom. The quantitative estimate of drug-likeness (QED) is 0.739. The zero-order valence-corrected chi connectivity index (χ0v) is 9.59. The van der Waals surface area contributed by atoms with Gasteiger partial charge in [-0.3, -0.25) is 0 Å². The summed E-state index contributed by atoms with van der Waals surface area (Å²) in [5.41, 5.74) is 0.0783. The Labute approximate surface area is 87.7 Å². The molecule has 0 aromatic heterocycles. The summed E-state index contributed by atoms with van der Waals surface area (Å²) in [6.45, 7) is 6.42. The molecule has 14 heavy (non-hydrogen) atoms. The van der Waals surface area contributed by atoms with Gasteiger partial charge in [0.15, 0.2) is 0 Å². The van der Waals surface area contributed by atoms with E-state index in [0.29, 0.717) is 6.61 Å². The van der Waals surface area contributed by atoms with Crippen molar-refractivity contribution in [2.45, 2.75) is 46.0 Å². The molecule has 1 aliphatic rings. The third-order valence-corrected chi connectivity index (χ3v) is 3.62. The average Bonchev–Trinajstić information content (AvgIpc) is 2.27. The molecule has 0 bridgehead atoms. The molecule has 0 saturated carbocycles. The topological polar surface area (TPSA) is 29.5 Å². The first-order valence-electron chi connectivity index (χ1n) is 5.95. The normalized spacial score (nSPS) is 28.3. The second-order valence-electron chi connectivity index (χ2n) is 4.70. The molecule has 1 fully saturated rings. The maximum Gasteiger partial charge on any atom is 0.0544 e. The molecule has 1 atom stereocenters. The number of hydrogen-bond donors (Lipinski definition) is 1. The van der Waals surface area contributed by atoms with Crippen molar-refractivity contribution < 1.29 is 9.84 Å². The number of ether oxygens (including phenoxy) is 1. The summed E-state index contributed by atoms with van der Waals surface area (Å²) in [4.78, 5) is 0. The fraction of sp³-hybridized carbons (Fsp3) is 1.00. The lowest BCUT2D eigenvalue weighted by Gasteiger charge is -2.37. The van der Waals surface area contributed by atoms with Gasteiger partial charge in [-0.1, -0.05) is 26.7 Å². The van der Waals surface area contributed by atoms with Gasteiger partial charge >= 0.3 is 0 Å². The predicted octanol–water partition coefficient (Wildman–Crippen LogP) is 2.60. The Bertz CT molecular complexity index is 146. The van der Waals surface area contributed by atoms with Gasteiger partial charge in [-0.25, -0.2) is 0 Å². The van der Waals surface area contributed by atoms with Gasteiger partial charge in [0.05, 0.1) is 13.2 Å². The second kappa shape index (κ2) is 5.72. The van der Waals surface area contributed by atoms with Crippen molar-refractivity contribution in [2.24, 2.45) is 11.3 Å². The Kier molecular flexibility index (Phi) is 4.90. The maximum atomic E-state index is 9.50. The summed E-state index contributed by atoms with van der Waals surface area (Å²) in [7, 11) is 0. The molecular weight excluding hydrogens is 176 g/mol. The molecule has 1 saturated heterocycles. The lowest BCUT2D eigenvalue weighted by Crippen LogP contribution is -2.37.